The lowest BCUT2D eigenvalue weighted by Crippen LogP contribution is -2.19. The summed E-state index contributed by atoms with van der Waals surface area (Å²) in [5, 5.41) is 13.3. The second kappa shape index (κ2) is 8.14. The van der Waals surface area contributed by atoms with Gasteiger partial charge < -0.3 is 9.77 Å². The Balaban J connectivity index is 1.87. The summed E-state index contributed by atoms with van der Waals surface area (Å²) in [6, 6.07) is 8.34. The van der Waals surface area contributed by atoms with Crippen LogP contribution >= 0.6 is 0 Å². The molecule has 3 rings (SSSR count). The molecule has 1 N–H and O–H groups in total. The molecule has 1 aliphatic carbocycles. The third-order valence-corrected chi connectivity index (χ3v) is 4.99. The maximum Gasteiger partial charge on any atom is 0.0964 e. The Bertz CT molecular complexity index is 647. The summed E-state index contributed by atoms with van der Waals surface area (Å²) in [5.41, 5.74) is 3.05. The lowest BCUT2D eigenvalue weighted by molar-refractivity contribution is 0.311. The maximum absolute atomic E-state index is 9.59. The van der Waals surface area contributed by atoms with Crippen LogP contribution in [-0.4, -0.2) is 20.5 Å². The van der Waals surface area contributed by atoms with Gasteiger partial charge in [0.1, 0.15) is 0 Å². The second-order valence-electron chi connectivity index (χ2n) is 6.61. The molecule has 0 saturated heterocycles. The number of fused-ring (bicyclic) bond motifs is 1. The van der Waals surface area contributed by atoms with Crippen LogP contribution in [0.4, 0.5) is 0 Å². The molecule has 4 nitrogen and oxygen atoms in total. The molecule has 0 aliphatic heterocycles. The highest BCUT2D eigenvalue weighted by atomic mass is 16.4. The van der Waals surface area contributed by atoms with Crippen molar-refractivity contribution in [2.75, 3.05) is 0 Å². The number of aromatic nitrogens is 2. The Morgan fingerprint density at radius 3 is 2.43 bits per heavy atom. The summed E-state index contributed by atoms with van der Waals surface area (Å²) in [7, 11) is 0. The van der Waals surface area contributed by atoms with E-state index in [1.54, 1.807) is 0 Å². The number of hydrogen-bond acceptors (Lipinski definition) is 3. The van der Waals surface area contributed by atoms with Gasteiger partial charge in [0, 0.05) is 0 Å². The molecule has 1 aliphatic rings. The minimum atomic E-state index is 0.131. The largest absolute Gasteiger partial charge is 0.411 e. The third-order valence-electron chi connectivity index (χ3n) is 4.99. The average molecular weight is 313 g/mol. The second-order valence-corrected chi connectivity index (χ2v) is 6.61. The minimum absolute atomic E-state index is 0.131. The Hall–Kier alpha value is -1.84. The van der Waals surface area contributed by atoms with Crippen molar-refractivity contribution < 1.29 is 5.21 Å². The maximum atomic E-state index is 9.59. The van der Waals surface area contributed by atoms with Crippen LogP contribution in [-0.2, 0) is 0 Å². The highest BCUT2D eigenvalue weighted by Gasteiger charge is 2.20. The van der Waals surface area contributed by atoms with E-state index in [0.717, 1.165) is 36.0 Å². The van der Waals surface area contributed by atoms with Gasteiger partial charge in [-0.15, -0.1) is 0 Å². The smallest absolute Gasteiger partial charge is 0.0964 e. The van der Waals surface area contributed by atoms with Crippen LogP contribution in [0, 0.1) is 0 Å². The molecule has 23 heavy (non-hydrogen) atoms. The molecule has 2 aromatic rings. The Morgan fingerprint density at radius 1 is 0.957 bits per heavy atom. The molecule has 0 bridgehead atoms. The molecule has 0 radical (unpaired) electrons. The molecule has 0 spiro atoms. The van der Waals surface area contributed by atoms with Crippen molar-refractivity contribution in [1.29, 1.82) is 0 Å². The Kier molecular flexibility index (Phi) is 5.67. The third kappa shape index (κ3) is 3.92. The minimum Gasteiger partial charge on any atom is -0.411 e. The summed E-state index contributed by atoms with van der Waals surface area (Å²) in [6.45, 7) is 0. The lowest BCUT2D eigenvalue weighted by Gasteiger charge is -2.21. The fourth-order valence-corrected chi connectivity index (χ4v) is 3.68. The first kappa shape index (κ1) is 16.0. The SMILES string of the molecule is O/N=C1/CCCCCCCCCCC1n1cnc2ccccc21. The number of imidazole rings is 1. The molecule has 1 atom stereocenters. The van der Waals surface area contributed by atoms with Gasteiger partial charge in [-0.05, 0) is 31.4 Å². The summed E-state index contributed by atoms with van der Waals surface area (Å²) < 4.78 is 2.20. The zero-order chi connectivity index (χ0) is 15.9. The Morgan fingerprint density at radius 2 is 1.65 bits per heavy atom. The van der Waals surface area contributed by atoms with Gasteiger partial charge in [-0.2, -0.15) is 0 Å². The number of hydrogen-bond donors (Lipinski definition) is 1. The van der Waals surface area contributed by atoms with Crippen molar-refractivity contribution >= 4 is 16.7 Å². The first-order valence-electron chi connectivity index (χ1n) is 9.02. The average Bonchev–Trinajstić information content (AvgIpc) is 2.99. The Labute approximate surface area is 138 Å². The van der Waals surface area contributed by atoms with E-state index in [4.69, 9.17) is 0 Å². The van der Waals surface area contributed by atoms with E-state index in [-0.39, 0.29) is 6.04 Å². The first-order valence-corrected chi connectivity index (χ1v) is 9.02. The quantitative estimate of drug-likeness (QED) is 0.572. The number of benzene rings is 1. The van der Waals surface area contributed by atoms with Gasteiger partial charge in [0.15, 0.2) is 0 Å². The van der Waals surface area contributed by atoms with Crippen LogP contribution in [0.25, 0.3) is 11.0 Å². The van der Waals surface area contributed by atoms with E-state index in [1.807, 2.05) is 24.5 Å². The molecular formula is C19H27N3O. The highest BCUT2D eigenvalue weighted by Crippen LogP contribution is 2.26. The standard InChI is InChI=1S/C19H27N3O/c23-21-17-12-7-5-3-1-2-4-6-8-13-19(17)22-15-20-16-11-9-10-14-18(16)22/h9-11,14-15,19,23H,1-8,12-13H2/b21-17-. The van der Waals surface area contributed by atoms with E-state index < -0.39 is 0 Å². The molecule has 124 valence electrons. The highest BCUT2D eigenvalue weighted by molar-refractivity contribution is 5.89. The van der Waals surface area contributed by atoms with Crippen LogP contribution in [0.1, 0.15) is 70.3 Å². The van der Waals surface area contributed by atoms with Crippen LogP contribution in [0.15, 0.2) is 35.7 Å². The lowest BCUT2D eigenvalue weighted by atomic mass is 9.96. The zero-order valence-electron chi connectivity index (χ0n) is 13.8. The summed E-state index contributed by atoms with van der Waals surface area (Å²) in [5.74, 6) is 0. The number of rotatable bonds is 1. The monoisotopic (exact) mass is 313 g/mol. The summed E-state index contributed by atoms with van der Waals surface area (Å²) >= 11 is 0. The van der Waals surface area contributed by atoms with Gasteiger partial charge in [0.05, 0.1) is 29.1 Å². The van der Waals surface area contributed by atoms with Crippen LogP contribution in [0.3, 0.4) is 0 Å². The fourth-order valence-electron chi connectivity index (χ4n) is 3.68. The fraction of sp³-hybridized carbons (Fsp3) is 0.579. The van der Waals surface area contributed by atoms with Gasteiger partial charge in [-0.3, -0.25) is 0 Å². The van der Waals surface area contributed by atoms with E-state index in [9.17, 15) is 5.21 Å². The predicted octanol–water partition coefficient (Wildman–Crippen LogP) is 5.32. The zero-order valence-corrected chi connectivity index (χ0v) is 13.8. The van der Waals surface area contributed by atoms with Crippen LogP contribution in [0.2, 0.25) is 0 Å². The van der Waals surface area contributed by atoms with Gasteiger partial charge in [0.2, 0.25) is 0 Å². The summed E-state index contributed by atoms with van der Waals surface area (Å²) in [6.07, 6.45) is 13.9. The number of nitrogens with zero attached hydrogens (tertiary/aromatic N) is 3. The number of para-hydroxylation sites is 2. The van der Waals surface area contributed by atoms with Gasteiger partial charge >= 0.3 is 0 Å². The molecular weight excluding hydrogens is 286 g/mol. The molecule has 1 saturated carbocycles. The molecule has 0 amide bonds. The molecule has 1 aromatic heterocycles. The van der Waals surface area contributed by atoms with E-state index in [2.05, 4.69) is 20.8 Å². The first-order chi connectivity index (χ1) is 11.4. The van der Waals surface area contributed by atoms with Crippen LogP contribution in [0.5, 0.6) is 0 Å². The van der Waals surface area contributed by atoms with Gasteiger partial charge in [-0.1, -0.05) is 62.2 Å². The van der Waals surface area contributed by atoms with Crippen molar-refractivity contribution in [1.82, 2.24) is 9.55 Å². The van der Waals surface area contributed by atoms with E-state index >= 15 is 0 Å². The van der Waals surface area contributed by atoms with Crippen LogP contribution < -0.4 is 0 Å². The van der Waals surface area contributed by atoms with E-state index in [0.29, 0.717) is 0 Å². The van der Waals surface area contributed by atoms with Crippen molar-refractivity contribution in [3.05, 3.63) is 30.6 Å². The normalized spacial score (nSPS) is 23.5. The molecule has 1 unspecified atom stereocenters. The van der Waals surface area contributed by atoms with Crippen molar-refractivity contribution in [3.63, 3.8) is 0 Å². The topological polar surface area (TPSA) is 50.4 Å². The predicted molar refractivity (Wildman–Crippen MR) is 94.2 cm³/mol. The summed E-state index contributed by atoms with van der Waals surface area (Å²) in [4.78, 5) is 4.52. The molecule has 4 heteroatoms. The van der Waals surface area contributed by atoms with Crippen molar-refractivity contribution in [3.8, 4) is 0 Å². The number of oxime groups is 1. The van der Waals surface area contributed by atoms with Crippen molar-refractivity contribution in [2.45, 2.75) is 70.3 Å². The molecule has 1 aromatic carbocycles. The van der Waals surface area contributed by atoms with Gasteiger partial charge in [0.25, 0.3) is 0 Å². The van der Waals surface area contributed by atoms with Crippen molar-refractivity contribution in [2.24, 2.45) is 5.16 Å². The van der Waals surface area contributed by atoms with Gasteiger partial charge in [-0.25, -0.2) is 4.98 Å². The molecule has 1 heterocycles. The molecule has 1 fully saturated rings. The van der Waals surface area contributed by atoms with E-state index in [1.165, 1.54) is 44.9 Å².